The topological polar surface area (TPSA) is 68.0 Å². The molecule has 0 saturated heterocycles. The van der Waals surface area contributed by atoms with Crippen molar-refractivity contribution in [1.82, 2.24) is 10.3 Å². The predicted molar refractivity (Wildman–Crippen MR) is 87.6 cm³/mol. The summed E-state index contributed by atoms with van der Waals surface area (Å²) in [5, 5.41) is 5.90. The zero-order valence-corrected chi connectivity index (χ0v) is 14.0. The Morgan fingerprint density at radius 3 is 2.81 bits per heavy atom. The molecule has 1 amide bonds. The molecule has 0 radical (unpaired) electrons. The van der Waals surface area contributed by atoms with Crippen molar-refractivity contribution < 1.29 is 4.79 Å². The van der Waals surface area contributed by atoms with Crippen LogP contribution in [0.2, 0.25) is 0 Å². The number of aromatic nitrogens is 1. The van der Waals surface area contributed by atoms with Crippen LogP contribution in [-0.2, 0) is 6.42 Å². The van der Waals surface area contributed by atoms with Crippen molar-refractivity contribution in [2.24, 2.45) is 17.1 Å². The summed E-state index contributed by atoms with van der Waals surface area (Å²) in [6.45, 7) is 5.89. The summed E-state index contributed by atoms with van der Waals surface area (Å²) >= 11 is 1.52. The maximum atomic E-state index is 12.2. The quantitative estimate of drug-likeness (QED) is 0.813. The van der Waals surface area contributed by atoms with Crippen molar-refractivity contribution in [3.63, 3.8) is 0 Å². The normalized spacial score (nSPS) is 17.3. The Hall–Kier alpha value is -0.940. The number of nitrogens with two attached hydrogens (primary N) is 1. The predicted octanol–water partition coefficient (Wildman–Crippen LogP) is 2.98. The number of thiazole rings is 1. The smallest absolute Gasteiger partial charge is 0.270 e. The van der Waals surface area contributed by atoms with Crippen molar-refractivity contribution in [1.29, 1.82) is 0 Å². The molecule has 0 atom stereocenters. The van der Waals surface area contributed by atoms with Crippen LogP contribution in [0.25, 0.3) is 0 Å². The van der Waals surface area contributed by atoms with Crippen LogP contribution in [-0.4, -0.2) is 24.0 Å². The van der Waals surface area contributed by atoms with Gasteiger partial charge in [-0.25, -0.2) is 4.98 Å². The lowest BCUT2D eigenvalue weighted by molar-refractivity contribution is 0.0917. The fraction of sp³-hybridized carbons (Fsp3) is 0.750. The van der Waals surface area contributed by atoms with E-state index in [4.69, 9.17) is 5.73 Å². The highest BCUT2D eigenvalue weighted by atomic mass is 32.1. The van der Waals surface area contributed by atoms with Crippen LogP contribution in [0, 0.1) is 11.3 Å². The van der Waals surface area contributed by atoms with Crippen LogP contribution in [0.4, 0.5) is 0 Å². The molecule has 118 valence electrons. The van der Waals surface area contributed by atoms with E-state index in [0.29, 0.717) is 23.6 Å². The van der Waals surface area contributed by atoms with Gasteiger partial charge in [0.05, 0.1) is 5.01 Å². The van der Waals surface area contributed by atoms with E-state index in [1.165, 1.54) is 43.4 Å². The standard InChI is InChI=1S/C16H27N3OS/c1-12(2)9-16(6-3-4-7-16)11-18-15(20)13-10-21-14(19-13)5-8-17/h10,12H,3-9,11,17H2,1-2H3,(H,18,20). The zero-order chi connectivity index (χ0) is 15.3. The Morgan fingerprint density at radius 1 is 1.48 bits per heavy atom. The molecule has 3 N–H and O–H groups in total. The van der Waals surface area contributed by atoms with Gasteiger partial charge < -0.3 is 11.1 Å². The van der Waals surface area contributed by atoms with E-state index in [0.717, 1.165) is 18.0 Å². The Balaban J connectivity index is 1.92. The molecule has 4 nitrogen and oxygen atoms in total. The van der Waals surface area contributed by atoms with Gasteiger partial charge in [0.2, 0.25) is 0 Å². The highest BCUT2D eigenvalue weighted by Crippen LogP contribution is 2.42. The number of amides is 1. The van der Waals surface area contributed by atoms with Gasteiger partial charge in [0.15, 0.2) is 0 Å². The van der Waals surface area contributed by atoms with Crippen LogP contribution in [0.15, 0.2) is 5.38 Å². The van der Waals surface area contributed by atoms with Gasteiger partial charge in [-0.2, -0.15) is 0 Å². The van der Waals surface area contributed by atoms with Gasteiger partial charge >= 0.3 is 0 Å². The first-order chi connectivity index (χ1) is 10.0. The highest BCUT2D eigenvalue weighted by Gasteiger charge is 2.34. The SMILES string of the molecule is CC(C)CC1(CNC(=O)c2csc(CCN)n2)CCCC1. The van der Waals surface area contributed by atoms with Crippen LogP contribution in [0.1, 0.15) is 61.4 Å². The minimum atomic E-state index is -0.0375. The molecular weight excluding hydrogens is 282 g/mol. The summed E-state index contributed by atoms with van der Waals surface area (Å²) in [4.78, 5) is 16.6. The average molecular weight is 309 g/mol. The van der Waals surface area contributed by atoms with Crippen molar-refractivity contribution in [3.05, 3.63) is 16.1 Å². The van der Waals surface area contributed by atoms with Crippen LogP contribution >= 0.6 is 11.3 Å². The molecule has 0 aromatic carbocycles. The van der Waals surface area contributed by atoms with Gasteiger partial charge in [0.25, 0.3) is 5.91 Å². The minimum absolute atomic E-state index is 0.0375. The monoisotopic (exact) mass is 309 g/mol. The second-order valence-corrected chi connectivity index (χ2v) is 7.60. The molecule has 1 aliphatic rings. The first-order valence-corrected chi connectivity index (χ1v) is 8.85. The fourth-order valence-corrected chi connectivity index (χ4v) is 4.25. The van der Waals surface area contributed by atoms with Crippen molar-refractivity contribution >= 4 is 17.2 Å². The summed E-state index contributed by atoms with van der Waals surface area (Å²) in [5.74, 6) is 0.639. The summed E-state index contributed by atoms with van der Waals surface area (Å²) in [6, 6.07) is 0. The number of hydrogen-bond donors (Lipinski definition) is 2. The molecule has 5 heteroatoms. The van der Waals surface area contributed by atoms with E-state index < -0.39 is 0 Å². The Kier molecular flexibility index (Phi) is 5.76. The Morgan fingerprint density at radius 2 is 2.19 bits per heavy atom. The lowest BCUT2D eigenvalue weighted by atomic mass is 9.78. The number of carbonyl (C=O) groups excluding carboxylic acids is 1. The molecule has 2 rings (SSSR count). The average Bonchev–Trinajstić information content (AvgIpc) is 3.06. The van der Waals surface area contributed by atoms with Crippen LogP contribution in [0.5, 0.6) is 0 Å². The van der Waals surface area contributed by atoms with Crippen molar-refractivity contribution in [2.45, 2.75) is 52.4 Å². The van der Waals surface area contributed by atoms with Gasteiger partial charge in [-0.05, 0) is 37.1 Å². The molecule has 1 aromatic rings. The van der Waals surface area contributed by atoms with Crippen LogP contribution in [0.3, 0.4) is 0 Å². The molecule has 1 fully saturated rings. The fourth-order valence-electron chi connectivity index (χ4n) is 3.46. The number of nitrogens with zero attached hydrogens (tertiary/aromatic N) is 1. The third kappa shape index (κ3) is 4.51. The first-order valence-electron chi connectivity index (χ1n) is 7.97. The molecule has 1 aromatic heterocycles. The largest absolute Gasteiger partial charge is 0.350 e. The van der Waals surface area contributed by atoms with Gasteiger partial charge in [0, 0.05) is 18.3 Å². The number of carbonyl (C=O) groups is 1. The summed E-state index contributed by atoms with van der Waals surface area (Å²) in [5.41, 5.74) is 6.37. The minimum Gasteiger partial charge on any atom is -0.350 e. The molecule has 0 bridgehead atoms. The summed E-state index contributed by atoms with van der Waals surface area (Å²) < 4.78 is 0. The Labute approximate surface area is 131 Å². The molecule has 1 aliphatic carbocycles. The summed E-state index contributed by atoms with van der Waals surface area (Å²) in [6.07, 6.45) is 7.00. The van der Waals surface area contributed by atoms with Gasteiger partial charge in [-0.15, -0.1) is 11.3 Å². The maximum Gasteiger partial charge on any atom is 0.270 e. The highest BCUT2D eigenvalue weighted by molar-refractivity contribution is 7.09. The maximum absolute atomic E-state index is 12.2. The molecule has 0 spiro atoms. The lowest BCUT2D eigenvalue weighted by Crippen LogP contribution is -2.37. The van der Waals surface area contributed by atoms with Crippen molar-refractivity contribution in [2.75, 3.05) is 13.1 Å². The van der Waals surface area contributed by atoms with Crippen molar-refractivity contribution in [3.8, 4) is 0 Å². The van der Waals surface area contributed by atoms with E-state index >= 15 is 0 Å². The van der Waals surface area contributed by atoms with E-state index in [-0.39, 0.29) is 5.91 Å². The third-order valence-corrected chi connectivity index (χ3v) is 5.18. The van der Waals surface area contributed by atoms with E-state index in [9.17, 15) is 4.79 Å². The molecular formula is C16H27N3OS. The second-order valence-electron chi connectivity index (χ2n) is 6.65. The molecule has 21 heavy (non-hydrogen) atoms. The molecule has 0 aliphatic heterocycles. The second kappa shape index (κ2) is 7.36. The molecule has 1 heterocycles. The number of hydrogen-bond acceptors (Lipinski definition) is 4. The summed E-state index contributed by atoms with van der Waals surface area (Å²) in [7, 11) is 0. The van der Waals surface area contributed by atoms with E-state index in [1.807, 2.05) is 5.38 Å². The Bertz CT molecular complexity index is 464. The third-order valence-electron chi connectivity index (χ3n) is 4.27. The van der Waals surface area contributed by atoms with E-state index in [2.05, 4.69) is 24.1 Å². The first kappa shape index (κ1) is 16.4. The number of nitrogens with one attached hydrogen (secondary N) is 1. The lowest BCUT2D eigenvalue weighted by Gasteiger charge is -2.31. The van der Waals surface area contributed by atoms with Crippen LogP contribution < -0.4 is 11.1 Å². The van der Waals surface area contributed by atoms with Gasteiger partial charge in [-0.1, -0.05) is 26.7 Å². The van der Waals surface area contributed by atoms with Gasteiger partial charge in [-0.3, -0.25) is 4.79 Å². The zero-order valence-electron chi connectivity index (χ0n) is 13.2. The van der Waals surface area contributed by atoms with E-state index in [1.54, 1.807) is 0 Å². The molecule has 0 unspecified atom stereocenters. The number of rotatable bonds is 7. The molecule has 1 saturated carbocycles. The van der Waals surface area contributed by atoms with Gasteiger partial charge in [0.1, 0.15) is 5.69 Å².